The second kappa shape index (κ2) is 5.61. The Kier molecular flexibility index (Phi) is 4.74. The van der Waals surface area contributed by atoms with Crippen LogP contribution in [-0.4, -0.2) is 30.6 Å². The van der Waals surface area contributed by atoms with Crippen molar-refractivity contribution in [1.29, 1.82) is 0 Å². The van der Waals surface area contributed by atoms with Crippen LogP contribution in [0.4, 0.5) is 0 Å². The molecule has 0 amide bonds. The van der Waals surface area contributed by atoms with Crippen molar-refractivity contribution < 1.29 is 0 Å². The molecule has 1 aliphatic carbocycles. The maximum atomic E-state index is 5.72. The number of nitrogens with zero attached hydrogens (tertiary/aromatic N) is 1. The summed E-state index contributed by atoms with van der Waals surface area (Å²) >= 11 is 0. The van der Waals surface area contributed by atoms with E-state index in [1.54, 1.807) is 0 Å². The third-order valence-corrected chi connectivity index (χ3v) is 3.35. The fourth-order valence-electron chi connectivity index (χ4n) is 2.23. The van der Waals surface area contributed by atoms with Gasteiger partial charge in [0.2, 0.25) is 0 Å². The summed E-state index contributed by atoms with van der Waals surface area (Å²) in [5.41, 5.74) is 5.72. The first-order valence-electron chi connectivity index (χ1n) is 5.77. The molecule has 0 aromatic carbocycles. The van der Waals surface area contributed by atoms with E-state index >= 15 is 0 Å². The van der Waals surface area contributed by atoms with Crippen LogP contribution in [-0.2, 0) is 0 Å². The highest BCUT2D eigenvalue weighted by molar-refractivity contribution is 4.88. The number of rotatable bonds is 6. The molecule has 2 unspecified atom stereocenters. The average molecular weight is 184 g/mol. The number of hydrogen-bond acceptors (Lipinski definition) is 2. The Morgan fingerprint density at radius 2 is 2.08 bits per heavy atom. The van der Waals surface area contributed by atoms with Gasteiger partial charge in [-0.05, 0) is 44.8 Å². The summed E-state index contributed by atoms with van der Waals surface area (Å²) in [6.45, 7) is 7.87. The van der Waals surface area contributed by atoms with Crippen LogP contribution in [0, 0.1) is 5.92 Å². The van der Waals surface area contributed by atoms with Gasteiger partial charge in [-0.15, -0.1) is 0 Å². The van der Waals surface area contributed by atoms with Crippen LogP contribution in [0.1, 0.15) is 39.5 Å². The van der Waals surface area contributed by atoms with E-state index in [0.717, 1.165) is 18.5 Å². The lowest BCUT2D eigenvalue weighted by Crippen LogP contribution is -2.50. The molecule has 1 fully saturated rings. The molecule has 0 spiro atoms. The lowest BCUT2D eigenvalue weighted by atomic mass is 9.78. The first-order chi connectivity index (χ1) is 6.33. The molecule has 1 saturated carbocycles. The SMILES string of the molecule is CCCCN(CC)C1CCC1CN. The first-order valence-corrected chi connectivity index (χ1v) is 5.77. The summed E-state index contributed by atoms with van der Waals surface area (Å²) in [6, 6.07) is 0.807. The molecule has 0 aromatic heterocycles. The molecule has 0 heterocycles. The van der Waals surface area contributed by atoms with E-state index in [1.165, 1.54) is 38.8 Å². The zero-order valence-corrected chi connectivity index (χ0v) is 9.13. The highest BCUT2D eigenvalue weighted by Crippen LogP contribution is 2.31. The average Bonchev–Trinajstić information content (AvgIpc) is 2.10. The van der Waals surface area contributed by atoms with Crippen LogP contribution in [0.3, 0.4) is 0 Å². The fraction of sp³-hybridized carbons (Fsp3) is 1.00. The van der Waals surface area contributed by atoms with Gasteiger partial charge in [0.15, 0.2) is 0 Å². The van der Waals surface area contributed by atoms with Gasteiger partial charge in [-0.1, -0.05) is 20.3 Å². The Hall–Kier alpha value is -0.0800. The zero-order chi connectivity index (χ0) is 9.68. The molecule has 2 atom stereocenters. The highest BCUT2D eigenvalue weighted by atomic mass is 15.2. The molecule has 0 aromatic rings. The Balaban J connectivity index is 2.28. The van der Waals surface area contributed by atoms with E-state index in [4.69, 9.17) is 5.73 Å². The minimum absolute atomic E-state index is 0.789. The first kappa shape index (κ1) is 11.0. The van der Waals surface area contributed by atoms with E-state index in [9.17, 15) is 0 Å². The number of nitrogens with two attached hydrogens (primary N) is 1. The molecule has 2 N–H and O–H groups in total. The van der Waals surface area contributed by atoms with Gasteiger partial charge in [0.25, 0.3) is 0 Å². The standard InChI is InChI=1S/C11H24N2/c1-3-5-8-13(4-2)11-7-6-10(11)9-12/h10-11H,3-9,12H2,1-2H3. The van der Waals surface area contributed by atoms with Crippen LogP contribution in [0.2, 0.25) is 0 Å². The third-order valence-electron chi connectivity index (χ3n) is 3.35. The van der Waals surface area contributed by atoms with E-state index < -0.39 is 0 Å². The van der Waals surface area contributed by atoms with Gasteiger partial charge < -0.3 is 10.6 Å². The number of unbranched alkanes of at least 4 members (excludes halogenated alkanes) is 1. The van der Waals surface area contributed by atoms with E-state index in [-0.39, 0.29) is 0 Å². The Bertz CT molecular complexity index is 134. The van der Waals surface area contributed by atoms with Crippen molar-refractivity contribution in [3.63, 3.8) is 0 Å². The van der Waals surface area contributed by atoms with Crippen molar-refractivity contribution >= 4 is 0 Å². The molecule has 13 heavy (non-hydrogen) atoms. The monoisotopic (exact) mass is 184 g/mol. The summed E-state index contributed by atoms with van der Waals surface area (Å²) in [5, 5.41) is 0. The van der Waals surface area contributed by atoms with Gasteiger partial charge in [0.1, 0.15) is 0 Å². The molecule has 0 aliphatic heterocycles. The zero-order valence-electron chi connectivity index (χ0n) is 9.13. The van der Waals surface area contributed by atoms with Crippen molar-refractivity contribution in [3.8, 4) is 0 Å². The molecule has 0 bridgehead atoms. The third kappa shape index (κ3) is 2.68. The van der Waals surface area contributed by atoms with Crippen molar-refractivity contribution in [2.75, 3.05) is 19.6 Å². The summed E-state index contributed by atoms with van der Waals surface area (Å²) in [6.07, 6.45) is 5.36. The van der Waals surface area contributed by atoms with Crippen LogP contribution < -0.4 is 5.73 Å². The summed E-state index contributed by atoms with van der Waals surface area (Å²) in [5.74, 6) is 0.789. The van der Waals surface area contributed by atoms with Gasteiger partial charge in [0, 0.05) is 6.04 Å². The highest BCUT2D eigenvalue weighted by Gasteiger charge is 2.33. The minimum Gasteiger partial charge on any atom is -0.330 e. The molecule has 0 saturated heterocycles. The van der Waals surface area contributed by atoms with Crippen molar-refractivity contribution in [2.45, 2.75) is 45.6 Å². The van der Waals surface area contributed by atoms with Gasteiger partial charge in [0.05, 0.1) is 0 Å². The van der Waals surface area contributed by atoms with Gasteiger partial charge in [-0.3, -0.25) is 0 Å². The maximum Gasteiger partial charge on any atom is 0.0136 e. The minimum atomic E-state index is 0.789. The maximum absolute atomic E-state index is 5.72. The summed E-state index contributed by atoms with van der Waals surface area (Å²) in [4.78, 5) is 2.62. The molecule has 1 aliphatic rings. The van der Waals surface area contributed by atoms with Crippen molar-refractivity contribution in [2.24, 2.45) is 11.7 Å². The van der Waals surface area contributed by atoms with E-state index in [1.807, 2.05) is 0 Å². The van der Waals surface area contributed by atoms with Crippen molar-refractivity contribution in [1.82, 2.24) is 4.90 Å². The molecular formula is C11H24N2. The topological polar surface area (TPSA) is 29.3 Å². The Morgan fingerprint density at radius 1 is 1.31 bits per heavy atom. The summed E-state index contributed by atoms with van der Waals surface area (Å²) in [7, 11) is 0. The van der Waals surface area contributed by atoms with Crippen LogP contribution >= 0.6 is 0 Å². The second-order valence-corrected chi connectivity index (χ2v) is 4.12. The lowest BCUT2D eigenvalue weighted by molar-refractivity contribution is 0.0700. The fourth-order valence-corrected chi connectivity index (χ4v) is 2.23. The van der Waals surface area contributed by atoms with Crippen molar-refractivity contribution in [3.05, 3.63) is 0 Å². The van der Waals surface area contributed by atoms with Gasteiger partial charge >= 0.3 is 0 Å². The largest absolute Gasteiger partial charge is 0.330 e. The quantitative estimate of drug-likeness (QED) is 0.682. The predicted octanol–water partition coefficient (Wildman–Crippen LogP) is 1.85. The van der Waals surface area contributed by atoms with Gasteiger partial charge in [-0.25, -0.2) is 0 Å². The van der Waals surface area contributed by atoms with Crippen LogP contribution in [0.25, 0.3) is 0 Å². The van der Waals surface area contributed by atoms with E-state index in [2.05, 4.69) is 18.7 Å². The molecule has 2 heteroatoms. The van der Waals surface area contributed by atoms with Crippen LogP contribution in [0.5, 0.6) is 0 Å². The summed E-state index contributed by atoms with van der Waals surface area (Å²) < 4.78 is 0. The lowest BCUT2D eigenvalue weighted by Gasteiger charge is -2.43. The van der Waals surface area contributed by atoms with Crippen LogP contribution in [0.15, 0.2) is 0 Å². The molecule has 2 nitrogen and oxygen atoms in total. The molecule has 0 radical (unpaired) electrons. The smallest absolute Gasteiger partial charge is 0.0136 e. The number of hydrogen-bond donors (Lipinski definition) is 1. The normalized spacial score (nSPS) is 27.7. The Labute approximate surface area is 82.5 Å². The second-order valence-electron chi connectivity index (χ2n) is 4.12. The molecule has 1 rings (SSSR count). The predicted molar refractivity (Wildman–Crippen MR) is 57.7 cm³/mol. The van der Waals surface area contributed by atoms with E-state index in [0.29, 0.717) is 0 Å². The van der Waals surface area contributed by atoms with Gasteiger partial charge in [-0.2, -0.15) is 0 Å². The molecule has 78 valence electrons. The Morgan fingerprint density at radius 3 is 2.46 bits per heavy atom. The molecular weight excluding hydrogens is 160 g/mol.